The molecule has 1 aromatic carbocycles. The lowest BCUT2D eigenvalue weighted by atomic mass is 10.2. The molecule has 1 aliphatic rings. The van der Waals surface area contributed by atoms with Crippen LogP contribution in [-0.2, 0) is 9.53 Å². The molecule has 4 rings (SSSR count). The van der Waals surface area contributed by atoms with Gasteiger partial charge in [-0.15, -0.1) is 21.5 Å². The first kappa shape index (κ1) is 19.3. The highest BCUT2D eigenvalue weighted by Gasteiger charge is 2.29. The molecule has 0 saturated heterocycles. The summed E-state index contributed by atoms with van der Waals surface area (Å²) in [6.45, 7) is 3.09. The van der Waals surface area contributed by atoms with E-state index in [0.29, 0.717) is 35.5 Å². The number of rotatable bonds is 6. The molecule has 0 N–H and O–H groups in total. The maximum absolute atomic E-state index is 11.7. The van der Waals surface area contributed by atoms with E-state index in [1.807, 2.05) is 34.9 Å². The fraction of sp³-hybridized carbons (Fsp3) is 0.278. The van der Waals surface area contributed by atoms with Gasteiger partial charge in [-0.1, -0.05) is 42.1 Å². The Bertz CT molecular complexity index is 990. The van der Waals surface area contributed by atoms with Gasteiger partial charge in [-0.3, -0.25) is 9.36 Å². The Labute approximate surface area is 178 Å². The zero-order valence-electron chi connectivity index (χ0n) is 14.9. The van der Waals surface area contributed by atoms with E-state index in [1.54, 1.807) is 6.92 Å². The monoisotopic (exact) mass is 481 g/mol. The first-order chi connectivity index (χ1) is 13.7. The van der Waals surface area contributed by atoms with E-state index in [2.05, 4.69) is 26.1 Å². The largest absolute Gasteiger partial charge is 0.485 e. The van der Waals surface area contributed by atoms with E-state index in [0.717, 1.165) is 21.2 Å². The summed E-state index contributed by atoms with van der Waals surface area (Å²) in [4.78, 5) is 12.7. The molecule has 0 bridgehead atoms. The van der Waals surface area contributed by atoms with Gasteiger partial charge < -0.3 is 14.2 Å². The minimum atomic E-state index is -0.295. The van der Waals surface area contributed by atoms with Crippen molar-refractivity contribution < 1.29 is 19.0 Å². The number of carbonyl (C=O) groups is 1. The third-order valence-corrected chi connectivity index (χ3v) is 6.44. The second-order valence-electron chi connectivity index (χ2n) is 5.64. The highest BCUT2D eigenvalue weighted by Crippen LogP contribution is 2.52. The number of thioether (sulfide) groups is 1. The van der Waals surface area contributed by atoms with Gasteiger partial charge in [0.1, 0.15) is 13.2 Å². The molecular formula is C18H16BrN3O4S2. The van der Waals surface area contributed by atoms with E-state index in [1.165, 1.54) is 23.1 Å². The third kappa shape index (κ3) is 3.76. The number of nitrogens with zero attached hydrogens (tertiary/aromatic N) is 3. The van der Waals surface area contributed by atoms with Gasteiger partial charge in [0, 0.05) is 0 Å². The van der Waals surface area contributed by atoms with E-state index in [4.69, 9.17) is 14.2 Å². The number of esters is 1. The molecule has 3 aromatic rings. The Balaban J connectivity index is 1.75. The topological polar surface area (TPSA) is 75.5 Å². The molecule has 0 radical (unpaired) electrons. The second-order valence-corrected chi connectivity index (χ2v) is 8.29. The van der Waals surface area contributed by atoms with Gasteiger partial charge in [-0.2, -0.15) is 0 Å². The fourth-order valence-electron chi connectivity index (χ4n) is 2.70. The summed E-state index contributed by atoms with van der Waals surface area (Å²) in [6, 6.07) is 10.0. The van der Waals surface area contributed by atoms with Crippen LogP contribution in [-0.4, -0.2) is 46.3 Å². The quantitative estimate of drug-likeness (QED) is 0.385. The zero-order chi connectivity index (χ0) is 19.5. The van der Waals surface area contributed by atoms with E-state index in [-0.39, 0.29) is 11.7 Å². The molecule has 0 amide bonds. The Kier molecular flexibility index (Phi) is 5.88. The van der Waals surface area contributed by atoms with Crippen LogP contribution in [0.15, 0.2) is 40.2 Å². The summed E-state index contributed by atoms with van der Waals surface area (Å²) < 4.78 is 19.2. The zero-order valence-corrected chi connectivity index (χ0v) is 18.1. The molecule has 7 nitrogen and oxygen atoms in total. The molecule has 2 aromatic heterocycles. The van der Waals surface area contributed by atoms with Crippen molar-refractivity contribution in [1.82, 2.24) is 14.8 Å². The van der Waals surface area contributed by atoms with Gasteiger partial charge in [-0.25, -0.2) is 0 Å². The smallest absolute Gasteiger partial charge is 0.316 e. The van der Waals surface area contributed by atoms with Crippen molar-refractivity contribution >= 4 is 45.0 Å². The average Bonchev–Trinajstić information content (AvgIpc) is 3.27. The van der Waals surface area contributed by atoms with Gasteiger partial charge in [0.15, 0.2) is 21.7 Å². The number of thiophene rings is 1. The normalized spacial score (nSPS) is 12.8. The van der Waals surface area contributed by atoms with Crippen LogP contribution in [0.3, 0.4) is 0 Å². The Morgan fingerprint density at radius 1 is 1.25 bits per heavy atom. The predicted molar refractivity (Wildman–Crippen MR) is 111 cm³/mol. The molecule has 0 aliphatic carbocycles. The summed E-state index contributed by atoms with van der Waals surface area (Å²) in [5.41, 5.74) is 1.05. The summed E-state index contributed by atoms with van der Waals surface area (Å²) in [6.07, 6.45) is 0. The highest BCUT2D eigenvalue weighted by atomic mass is 79.9. The maximum atomic E-state index is 11.7. The van der Waals surface area contributed by atoms with Crippen molar-refractivity contribution in [1.29, 1.82) is 0 Å². The number of benzene rings is 1. The van der Waals surface area contributed by atoms with Crippen LogP contribution in [0.4, 0.5) is 0 Å². The number of hydrogen-bond acceptors (Lipinski definition) is 8. The molecule has 146 valence electrons. The SMILES string of the molecule is CCOC(=O)CSc1nnc(Br)n1-c1sc(-c2ccccc2)c2c1OCCO2. The molecule has 28 heavy (non-hydrogen) atoms. The van der Waals surface area contributed by atoms with Crippen LogP contribution in [0, 0.1) is 0 Å². The number of carbonyl (C=O) groups excluding carboxylic acids is 1. The number of fused-ring (bicyclic) bond motifs is 1. The fourth-order valence-corrected chi connectivity index (χ4v) is 5.36. The van der Waals surface area contributed by atoms with Crippen molar-refractivity contribution in [3.63, 3.8) is 0 Å². The Morgan fingerprint density at radius 3 is 2.75 bits per heavy atom. The van der Waals surface area contributed by atoms with Crippen molar-refractivity contribution in [2.75, 3.05) is 25.6 Å². The van der Waals surface area contributed by atoms with Crippen molar-refractivity contribution in [2.24, 2.45) is 0 Å². The van der Waals surface area contributed by atoms with Crippen LogP contribution in [0.25, 0.3) is 15.4 Å². The van der Waals surface area contributed by atoms with Crippen molar-refractivity contribution in [3.05, 3.63) is 35.1 Å². The van der Waals surface area contributed by atoms with Crippen LogP contribution in [0.2, 0.25) is 0 Å². The molecule has 0 saturated carbocycles. The van der Waals surface area contributed by atoms with Gasteiger partial charge >= 0.3 is 5.97 Å². The maximum Gasteiger partial charge on any atom is 0.316 e. The molecule has 1 aliphatic heterocycles. The lowest BCUT2D eigenvalue weighted by Gasteiger charge is -2.17. The second kappa shape index (κ2) is 8.54. The van der Waals surface area contributed by atoms with Gasteiger partial charge in [0.2, 0.25) is 4.73 Å². The van der Waals surface area contributed by atoms with E-state index >= 15 is 0 Å². The summed E-state index contributed by atoms with van der Waals surface area (Å²) in [5.74, 6) is 1.24. The molecule has 10 heteroatoms. The average molecular weight is 482 g/mol. The highest BCUT2D eigenvalue weighted by molar-refractivity contribution is 9.10. The number of halogens is 1. The Morgan fingerprint density at radius 2 is 2.00 bits per heavy atom. The Hall–Kier alpha value is -2.04. The minimum absolute atomic E-state index is 0.148. The molecular weight excluding hydrogens is 466 g/mol. The summed E-state index contributed by atoms with van der Waals surface area (Å²) >= 11 is 6.25. The van der Waals surface area contributed by atoms with Gasteiger partial charge in [0.05, 0.1) is 17.2 Å². The third-order valence-electron chi connectivity index (χ3n) is 3.84. The number of aromatic nitrogens is 3. The van der Waals surface area contributed by atoms with Crippen LogP contribution < -0.4 is 9.47 Å². The number of ether oxygens (including phenoxy) is 3. The van der Waals surface area contributed by atoms with Gasteiger partial charge in [-0.05, 0) is 28.4 Å². The lowest BCUT2D eigenvalue weighted by Crippen LogP contribution is -2.15. The lowest BCUT2D eigenvalue weighted by molar-refractivity contribution is -0.139. The number of hydrogen-bond donors (Lipinski definition) is 0. The molecule has 3 heterocycles. The summed E-state index contributed by atoms with van der Waals surface area (Å²) in [5, 5.41) is 9.67. The minimum Gasteiger partial charge on any atom is -0.485 e. The summed E-state index contributed by atoms with van der Waals surface area (Å²) in [7, 11) is 0. The van der Waals surface area contributed by atoms with Crippen molar-refractivity contribution in [3.8, 4) is 26.9 Å². The van der Waals surface area contributed by atoms with E-state index < -0.39 is 0 Å². The van der Waals surface area contributed by atoms with Crippen LogP contribution in [0.5, 0.6) is 11.5 Å². The standard InChI is InChI=1S/C18H16BrN3O4S2/c1-2-24-12(23)10-27-18-21-20-17(19)22(18)16-14-13(25-8-9-26-14)15(28-16)11-6-4-3-5-7-11/h3-7H,2,8-10H2,1H3. The molecule has 0 fully saturated rings. The molecule has 0 atom stereocenters. The molecule has 0 unspecified atom stereocenters. The van der Waals surface area contributed by atoms with Crippen molar-refractivity contribution in [2.45, 2.75) is 12.1 Å². The predicted octanol–water partition coefficient (Wildman–Crippen LogP) is 4.18. The van der Waals surface area contributed by atoms with Crippen LogP contribution >= 0.6 is 39.0 Å². The van der Waals surface area contributed by atoms with Gasteiger partial charge in [0.25, 0.3) is 0 Å². The van der Waals surface area contributed by atoms with Crippen LogP contribution in [0.1, 0.15) is 6.92 Å². The first-order valence-electron chi connectivity index (χ1n) is 8.56. The van der Waals surface area contributed by atoms with E-state index in [9.17, 15) is 4.79 Å². The first-order valence-corrected chi connectivity index (χ1v) is 11.2. The molecule has 0 spiro atoms.